The quantitative estimate of drug-likeness (QED) is 0.655. The number of nitrogens with one attached hydrogen (secondary N) is 1. The molecule has 1 aliphatic rings. The normalized spacial score (nSPS) is 16.0. The lowest BCUT2D eigenvalue weighted by atomic mass is 10.1. The molecule has 0 saturated carbocycles. The predicted molar refractivity (Wildman–Crippen MR) is 122 cm³/mol. The number of aryl methyl sites for hydroxylation is 2. The number of nitrogens with zero attached hydrogens (tertiary/aromatic N) is 3. The van der Waals surface area contributed by atoms with Crippen LogP contribution in [-0.2, 0) is 17.6 Å². The van der Waals surface area contributed by atoms with Gasteiger partial charge in [-0.2, -0.15) is 16.9 Å². The average Bonchev–Trinajstić information content (AvgIpc) is 3.23. The van der Waals surface area contributed by atoms with E-state index in [2.05, 4.69) is 22.5 Å². The molecule has 2 heterocycles. The van der Waals surface area contributed by atoms with Gasteiger partial charge in [-0.05, 0) is 25.0 Å². The molecule has 1 atom stereocenters. The van der Waals surface area contributed by atoms with Crippen LogP contribution in [0, 0.1) is 13.8 Å². The zero-order chi connectivity index (χ0) is 21.7. The smallest absolute Gasteiger partial charge is 0.279 e. The zero-order valence-corrected chi connectivity index (χ0v) is 19.0. The standard InChI is InChI=1S/C21H26N4O3S2/c1-14-15(2)23-24(3)20(27)18(14)21(28)25-13-30-12-17(25)19(26)22-9-10-29-11-16-7-5-4-6-8-16/h4-8,17H,9-13H2,1-3H3,(H,22,26)/t17-/m1/s1. The molecule has 30 heavy (non-hydrogen) atoms. The summed E-state index contributed by atoms with van der Waals surface area (Å²) in [5, 5.41) is 7.06. The van der Waals surface area contributed by atoms with E-state index < -0.39 is 17.5 Å². The summed E-state index contributed by atoms with van der Waals surface area (Å²) in [6.45, 7) is 4.02. The van der Waals surface area contributed by atoms with Crippen molar-refractivity contribution in [3.63, 3.8) is 0 Å². The third kappa shape index (κ3) is 5.07. The van der Waals surface area contributed by atoms with Crippen molar-refractivity contribution in [1.29, 1.82) is 0 Å². The summed E-state index contributed by atoms with van der Waals surface area (Å²) in [6.07, 6.45) is 0. The van der Waals surface area contributed by atoms with E-state index in [1.165, 1.54) is 34.0 Å². The first-order valence-electron chi connectivity index (χ1n) is 9.72. The van der Waals surface area contributed by atoms with E-state index in [9.17, 15) is 14.4 Å². The first-order valence-corrected chi connectivity index (χ1v) is 12.0. The second-order valence-electron chi connectivity index (χ2n) is 7.13. The van der Waals surface area contributed by atoms with Gasteiger partial charge in [-0.15, -0.1) is 11.8 Å². The Balaban J connectivity index is 1.58. The molecule has 7 nitrogen and oxygen atoms in total. The highest BCUT2D eigenvalue weighted by molar-refractivity contribution is 7.99. The van der Waals surface area contributed by atoms with Crippen LogP contribution in [0.3, 0.4) is 0 Å². The fourth-order valence-corrected chi connectivity index (χ4v) is 5.21. The minimum atomic E-state index is -0.570. The first kappa shape index (κ1) is 22.4. The zero-order valence-electron chi connectivity index (χ0n) is 17.4. The van der Waals surface area contributed by atoms with Crippen molar-refractivity contribution < 1.29 is 9.59 Å². The lowest BCUT2D eigenvalue weighted by molar-refractivity contribution is -0.124. The lowest BCUT2D eigenvalue weighted by Crippen LogP contribution is -2.49. The molecule has 0 unspecified atom stereocenters. The molecule has 1 aliphatic heterocycles. The Kier molecular flexibility index (Phi) is 7.60. The van der Waals surface area contributed by atoms with Gasteiger partial charge >= 0.3 is 0 Å². The molecule has 9 heteroatoms. The maximum absolute atomic E-state index is 13.1. The number of aromatic nitrogens is 2. The van der Waals surface area contributed by atoms with E-state index in [-0.39, 0.29) is 11.5 Å². The SMILES string of the molecule is Cc1nn(C)c(=O)c(C(=O)N2CSC[C@@H]2C(=O)NCCSCc2ccccc2)c1C. The molecule has 1 aromatic carbocycles. The summed E-state index contributed by atoms with van der Waals surface area (Å²) in [6, 6.07) is 9.61. The highest BCUT2D eigenvalue weighted by Crippen LogP contribution is 2.24. The molecule has 0 bridgehead atoms. The maximum Gasteiger partial charge on any atom is 0.279 e. The number of thioether (sulfide) groups is 2. The minimum absolute atomic E-state index is 0.101. The Morgan fingerprint density at radius 3 is 2.73 bits per heavy atom. The number of hydrogen-bond donors (Lipinski definition) is 1. The van der Waals surface area contributed by atoms with Gasteiger partial charge in [-0.25, -0.2) is 4.68 Å². The number of rotatable bonds is 7. The van der Waals surface area contributed by atoms with Gasteiger partial charge in [0.1, 0.15) is 11.6 Å². The first-order chi connectivity index (χ1) is 14.4. The van der Waals surface area contributed by atoms with Crippen LogP contribution in [0.1, 0.15) is 27.2 Å². The average molecular weight is 447 g/mol. The highest BCUT2D eigenvalue weighted by atomic mass is 32.2. The second kappa shape index (κ2) is 10.2. The fraction of sp³-hybridized carbons (Fsp3) is 0.429. The van der Waals surface area contributed by atoms with Crippen LogP contribution in [0.4, 0.5) is 0 Å². The van der Waals surface area contributed by atoms with E-state index in [1.807, 2.05) is 18.2 Å². The second-order valence-corrected chi connectivity index (χ2v) is 9.24. The monoisotopic (exact) mass is 446 g/mol. The third-order valence-corrected chi connectivity index (χ3v) is 7.08. The van der Waals surface area contributed by atoms with Gasteiger partial charge in [0.25, 0.3) is 11.5 Å². The van der Waals surface area contributed by atoms with Gasteiger partial charge in [0.2, 0.25) is 5.91 Å². The minimum Gasteiger partial charge on any atom is -0.353 e. The van der Waals surface area contributed by atoms with Gasteiger partial charge < -0.3 is 10.2 Å². The van der Waals surface area contributed by atoms with Crippen LogP contribution in [-0.4, -0.2) is 56.5 Å². The van der Waals surface area contributed by atoms with Crippen LogP contribution < -0.4 is 10.9 Å². The van der Waals surface area contributed by atoms with Crippen LogP contribution in [0.15, 0.2) is 35.1 Å². The number of carbonyl (C=O) groups is 2. The number of carbonyl (C=O) groups excluding carboxylic acids is 2. The molecular weight excluding hydrogens is 420 g/mol. The van der Waals surface area contributed by atoms with Crippen molar-refractivity contribution in [2.75, 3.05) is 23.9 Å². The Morgan fingerprint density at radius 2 is 2.00 bits per heavy atom. The summed E-state index contributed by atoms with van der Waals surface area (Å²) in [4.78, 5) is 39.9. The molecule has 2 aromatic rings. The molecule has 0 aliphatic carbocycles. The Hall–Kier alpha value is -2.26. The van der Waals surface area contributed by atoms with Crippen molar-refractivity contribution >= 4 is 35.3 Å². The molecule has 0 spiro atoms. The van der Waals surface area contributed by atoms with Crippen LogP contribution in [0.2, 0.25) is 0 Å². The molecule has 1 aromatic heterocycles. The van der Waals surface area contributed by atoms with Crippen LogP contribution in [0.25, 0.3) is 0 Å². The molecule has 3 rings (SSSR count). The van der Waals surface area contributed by atoms with Crippen LogP contribution in [0.5, 0.6) is 0 Å². The van der Waals surface area contributed by atoms with Gasteiger partial charge in [0.15, 0.2) is 0 Å². The molecule has 2 amide bonds. The topological polar surface area (TPSA) is 84.3 Å². The van der Waals surface area contributed by atoms with Crippen molar-refractivity contribution in [3.8, 4) is 0 Å². The summed E-state index contributed by atoms with van der Waals surface area (Å²) in [5.74, 6) is 2.03. The number of amides is 2. The Morgan fingerprint density at radius 1 is 1.27 bits per heavy atom. The predicted octanol–water partition coefficient (Wildman–Crippen LogP) is 1.96. The number of benzene rings is 1. The van der Waals surface area contributed by atoms with Crippen LogP contribution >= 0.6 is 23.5 Å². The van der Waals surface area contributed by atoms with E-state index in [1.54, 1.807) is 25.6 Å². The van der Waals surface area contributed by atoms with Gasteiger partial charge in [-0.1, -0.05) is 30.3 Å². The summed E-state index contributed by atoms with van der Waals surface area (Å²) in [5.41, 5.74) is 2.11. The summed E-state index contributed by atoms with van der Waals surface area (Å²) < 4.78 is 1.18. The molecule has 160 valence electrons. The van der Waals surface area contributed by atoms with E-state index in [4.69, 9.17) is 0 Å². The summed E-state index contributed by atoms with van der Waals surface area (Å²) >= 11 is 3.27. The van der Waals surface area contributed by atoms with Crippen molar-refractivity contribution in [2.45, 2.75) is 25.6 Å². The van der Waals surface area contributed by atoms with Crippen molar-refractivity contribution in [3.05, 3.63) is 63.1 Å². The maximum atomic E-state index is 13.1. The summed E-state index contributed by atoms with van der Waals surface area (Å²) in [7, 11) is 1.53. The fourth-order valence-electron chi connectivity index (χ4n) is 3.23. The number of hydrogen-bond acceptors (Lipinski definition) is 6. The highest BCUT2D eigenvalue weighted by Gasteiger charge is 2.36. The van der Waals surface area contributed by atoms with Crippen molar-refractivity contribution in [2.24, 2.45) is 7.05 Å². The van der Waals surface area contributed by atoms with E-state index in [0.717, 1.165) is 11.5 Å². The molecule has 1 saturated heterocycles. The van der Waals surface area contributed by atoms with Gasteiger partial charge in [0.05, 0.1) is 11.6 Å². The lowest BCUT2D eigenvalue weighted by Gasteiger charge is -2.24. The largest absolute Gasteiger partial charge is 0.353 e. The van der Waals surface area contributed by atoms with E-state index >= 15 is 0 Å². The molecule has 0 radical (unpaired) electrons. The Bertz CT molecular complexity index is 978. The Labute approximate surface area is 184 Å². The third-order valence-electron chi connectivity index (χ3n) is 5.04. The van der Waals surface area contributed by atoms with Gasteiger partial charge in [-0.3, -0.25) is 14.4 Å². The molecule has 1 fully saturated rings. The molecular formula is C21H26N4O3S2. The van der Waals surface area contributed by atoms with Crippen molar-refractivity contribution in [1.82, 2.24) is 20.0 Å². The van der Waals surface area contributed by atoms with Gasteiger partial charge in [0, 0.05) is 30.9 Å². The molecule has 1 N–H and O–H groups in total. The van der Waals surface area contributed by atoms with E-state index in [0.29, 0.717) is 29.4 Å².